The van der Waals surface area contributed by atoms with E-state index in [1.165, 1.54) is 6.07 Å². The summed E-state index contributed by atoms with van der Waals surface area (Å²) in [6.07, 6.45) is 6.62. The van der Waals surface area contributed by atoms with Crippen LogP contribution < -0.4 is 10.6 Å². The highest BCUT2D eigenvalue weighted by Gasteiger charge is 2.33. The Hall–Kier alpha value is -3.29. The number of nitro benzene ring substituents is 1. The first-order chi connectivity index (χ1) is 19.8. The molecule has 12 nitrogen and oxygen atoms in total. The Balaban J connectivity index is 1.33. The van der Waals surface area contributed by atoms with Gasteiger partial charge in [-0.05, 0) is 37.8 Å². The Kier molecular flexibility index (Phi) is 9.35. The maximum absolute atomic E-state index is 13.8. The third-order valence-electron chi connectivity index (χ3n) is 8.15. The molecular weight excluding hydrogens is 594 g/mol. The van der Waals surface area contributed by atoms with Crippen molar-refractivity contribution < 1.29 is 19.2 Å². The van der Waals surface area contributed by atoms with Gasteiger partial charge in [-0.1, -0.05) is 15.9 Å². The molecule has 0 unspecified atom stereocenters. The average Bonchev–Trinajstić information content (AvgIpc) is 3.01. The minimum absolute atomic E-state index is 0.148. The van der Waals surface area contributed by atoms with Crippen molar-refractivity contribution in [1.29, 1.82) is 0 Å². The summed E-state index contributed by atoms with van der Waals surface area (Å²) < 4.78 is 5.96. The van der Waals surface area contributed by atoms with Crippen LogP contribution in [0.3, 0.4) is 0 Å². The highest BCUT2D eigenvalue weighted by atomic mass is 79.9. The lowest BCUT2D eigenvalue weighted by molar-refractivity contribution is -0.384. The third-order valence-corrected chi connectivity index (χ3v) is 8.61. The number of carbonyl (C=O) groups excluding carboxylic acids is 2. The van der Waals surface area contributed by atoms with E-state index in [4.69, 9.17) is 4.74 Å². The molecule has 3 aliphatic heterocycles. The number of likely N-dealkylation sites (tertiary alicyclic amines) is 1. The van der Waals surface area contributed by atoms with Crippen LogP contribution in [-0.2, 0) is 4.74 Å². The quantitative estimate of drug-likeness (QED) is 0.349. The van der Waals surface area contributed by atoms with Crippen LogP contribution in [0, 0.1) is 10.1 Å². The van der Waals surface area contributed by atoms with Crippen molar-refractivity contribution in [1.82, 2.24) is 19.7 Å². The zero-order valence-electron chi connectivity index (χ0n) is 23.2. The lowest BCUT2D eigenvalue weighted by Gasteiger charge is -2.40. The summed E-state index contributed by atoms with van der Waals surface area (Å²) in [6.45, 7) is 5.10. The van der Waals surface area contributed by atoms with Gasteiger partial charge in [-0.3, -0.25) is 29.6 Å². The van der Waals surface area contributed by atoms with Crippen molar-refractivity contribution in [3.63, 3.8) is 0 Å². The number of carbonyl (C=O) groups is 2. The highest BCUT2D eigenvalue weighted by molar-refractivity contribution is 9.10. The van der Waals surface area contributed by atoms with Crippen molar-refractivity contribution >= 4 is 44.8 Å². The molecule has 3 aliphatic rings. The summed E-state index contributed by atoms with van der Waals surface area (Å²) in [5, 5.41) is 18.4. The van der Waals surface area contributed by atoms with Gasteiger partial charge in [0.15, 0.2) is 0 Å². The summed E-state index contributed by atoms with van der Waals surface area (Å²) in [5.41, 5.74) is 1.51. The van der Waals surface area contributed by atoms with Gasteiger partial charge < -0.3 is 25.2 Å². The molecule has 3 saturated heterocycles. The fourth-order valence-electron chi connectivity index (χ4n) is 5.93. The van der Waals surface area contributed by atoms with E-state index in [1.54, 1.807) is 41.4 Å². The number of amides is 2. The van der Waals surface area contributed by atoms with Crippen LogP contribution in [0.15, 0.2) is 35.1 Å². The Morgan fingerprint density at radius 1 is 1.02 bits per heavy atom. The molecule has 0 spiro atoms. The van der Waals surface area contributed by atoms with Crippen molar-refractivity contribution in [2.75, 3.05) is 70.2 Å². The van der Waals surface area contributed by atoms with Crippen LogP contribution in [0.2, 0.25) is 0 Å². The molecule has 2 N–H and O–H groups in total. The largest absolute Gasteiger partial charge is 0.387 e. The van der Waals surface area contributed by atoms with Gasteiger partial charge in [0.2, 0.25) is 0 Å². The minimum atomic E-state index is -0.465. The number of hydrogen-bond acceptors (Lipinski definition) is 9. The number of rotatable bonds is 7. The summed E-state index contributed by atoms with van der Waals surface area (Å²) in [4.78, 5) is 48.8. The molecule has 1 aromatic carbocycles. The Labute approximate surface area is 247 Å². The van der Waals surface area contributed by atoms with Crippen LogP contribution in [0.1, 0.15) is 46.4 Å². The topological polar surface area (TPSA) is 133 Å². The lowest BCUT2D eigenvalue weighted by atomic mass is 10.0. The second kappa shape index (κ2) is 13.1. The number of ether oxygens (including phenoxy) is 1. The van der Waals surface area contributed by atoms with Crippen LogP contribution in [0.5, 0.6) is 0 Å². The molecule has 41 heavy (non-hydrogen) atoms. The zero-order valence-corrected chi connectivity index (χ0v) is 24.8. The second-order valence-electron chi connectivity index (χ2n) is 10.7. The number of piperazine rings is 1. The molecule has 1 aromatic heterocycles. The summed E-state index contributed by atoms with van der Waals surface area (Å²) in [6, 6.07) is 5.04. The van der Waals surface area contributed by atoms with E-state index in [2.05, 4.69) is 36.4 Å². The zero-order chi connectivity index (χ0) is 28.9. The van der Waals surface area contributed by atoms with Crippen molar-refractivity contribution in [2.45, 2.75) is 37.8 Å². The summed E-state index contributed by atoms with van der Waals surface area (Å²) in [7, 11) is 1.77. The molecule has 3 fully saturated rings. The molecule has 220 valence electrons. The van der Waals surface area contributed by atoms with Crippen LogP contribution in [-0.4, -0.2) is 108 Å². The van der Waals surface area contributed by atoms with E-state index in [0.717, 1.165) is 51.3 Å². The van der Waals surface area contributed by atoms with Gasteiger partial charge in [0.1, 0.15) is 5.69 Å². The number of anilines is 2. The number of halogens is 1. The van der Waals surface area contributed by atoms with E-state index in [1.807, 2.05) is 0 Å². The van der Waals surface area contributed by atoms with Gasteiger partial charge in [0, 0.05) is 94.5 Å². The first-order valence-corrected chi connectivity index (χ1v) is 14.9. The van der Waals surface area contributed by atoms with Gasteiger partial charge >= 0.3 is 0 Å². The monoisotopic (exact) mass is 629 g/mol. The SMILES string of the molecule is CNc1cncc(C(=O)N2CCC[C@@H](Nc3c(C(=O)N4CCN(C5CCOCC5)CC4)cc(Br)cc3[N+](=O)[O-])C2)c1. The van der Waals surface area contributed by atoms with Crippen LogP contribution in [0.4, 0.5) is 17.1 Å². The molecule has 2 amide bonds. The fourth-order valence-corrected chi connectivity index (χ4v) is 6.37. The Bertz CT molecular complexity index is 1280. The third kappa shape index (κ3) is 6.79. The molecule has 0 aliphatic carbocycles. The second-order valence-corrected chi connectivity index (χ2v) is 11.6. The van der Waals surface area contributed by atoms with Gasteiger partial charge in [-0.2, -0.15) is 0 Å². The molecule has 2 aromatic rings. The number of nitrogens with one attached hydrogen (secondary N) is 2. The van der Waals surface area contributed by atoms with E-state index >= 15 is 0 Å². The number of nitrogens with zero attached hydrogens (tertiary/aromatic N) is 5. The predicted octanol–water partition coefficient (Wildman–Crippen LogP) is 3.45. The van der Waals surface area contributed by atoms with Crippen molar-refractivity contribution in [3.05, 3.63) is 56.3 Å². The van der Waals surface area contributed by atoms with Crippen molar-refractivity contribution in [3.8, 4) is 0 Å². The van der Waals surface area contributed by atoms with Gasteiger partial charge in [0.25, 0.3) is 17.5 Å². The lowest BCUT2D eigenvalue weighted by Crippen LogP contribution is -2.53. The Morgan fingerprint density at radius 2 is 1.78 bits per heavy atom. The molecule has 0 saturated carbocycles. The van der Waals surface area contributed by atoms with Crippen LogP contribution >= 0.6 is 15.9 Å². The van der Waals surface area contributed by atoms with Crippen molar-refractivity contribution in [2.24, 2.45) is 0 Å². The average molecular weight is 631 g/mol. The predicted molar refractivity (Wildman–Crippen MR) is 158 cm³/mol. The number of aromatic nitrogens is 1. The first-order valence-electron chi connectivity index (χ1n) is 14.1. The number of nitro groups is 1. The van der Waals surface area contributed by atoms with Gasteiger partial charge in [0.05, 0.1) is 21.7 Å². The molecular formula is C28H36BrN7O5. The fraction of sp³-hybridized carbons (Fsp3) is 0.536. The molecule has 13 heteroatoms. The summed E-state index contributed by atoms with van der Waals surface area (Å²) >= 11 is 3.37. The highest BCUT2D eigenvalue weighted by Crippen LogP contribution is 2.35. The van der Waals surface area contributed by atoms with E-state index in [0.29, 0.717) is 48.7 Å². The van der Waals surface area contributed by atoms with E-state index in [9.17, 15) is 19.7 Å². The first kappa shape index (κ1) is 29.2. The van der Waals surface area contributed by atoms with Gasteiger partial charge in [-0.25, -0.2) is 0 Å². The maximum atomic E-state index is 13.8. The molecule has 4 heterocycles. The maximum Gasteiger partial charge on any atom is 0.294 e. The van der Waals surface area contributed by atoms with Gasteiger partial charge in [-0.15, -0.1) is 0 Å². The number of piperidine rings is 1. The number of hydrogen-bond donors (Lipinski definition) is 2. The summed E-state index contributed by atoms with van der Waals surface area (Å²) in [5.74, 6) is -0.382. The minimum Gasteiger partial charge on any atom is -0.387 e. The molecule has 5 rings (SSSR count). The van der Waals surface area contributed by atoms with E-state index in [-0.39, 0.29) is 34.8 Å². The normalized spacial score (nSPS) is 20.5. The van der Waals surface area contributed by atoms with Crippen LogP contribution in [0.25, 0.3) is 0 Å². The molecule has 0 radical (unpaired) electrons. The van der Waals surface area contributed by atoms with E-state index < -0.39 is 4.92 Å². The molecule has 1 atom stereocenters. The standard InChI is InChI=1S/C28H36BrN7O5/c1-30-22-13-19(16-31-17-22)27(37)35-6-2-3-21(18-35)32-26-24(14-20(29)15-25(26)36(39)40)28(38)34-9-7-33(8-10-34)23-4-11-41-12-5-23/h13-17,21,23,30,32H,2-12,18H2,1H3/t21-/m1/s1. The number of pyridine rings is 1. The smallest absolute Gasteiger partial charge is 0.294 e. The Morgan fingerprint density at radius 3 is 2.49 bits per heavy atom. The number of benzene rings is 1. The molecule has 0 bridgehead atoms.